The van der Waals surface area contributed by atoms with Gasteiger partial charge in [-0.05, 0) is 43.8 Å². The fourth-order valence-electron chi connectivity index (χ4n) is 4.30. The largest absolute Gasteiger partial charge is 0.309 e. The molecule has 2 heteroatoms. The van der Waals surface area contributed by atoms with E-state index in [1.165, 1.54) is 57.2 Å². The summed E-state index contributed by atoms with van der Waals surface area (Å²) in [5, 5.41) is 3.76. The zero-order valence-electron chi connectivity index (χ0n) is 13.4. The van der Waals surface area contributed by atoms with Crippen LogP contribution >= 0.6 is 0 Å². The molecule has 3 atom stereocenters. The topological polar surface area (TPSA) is 15.3 Å². The quantitative estimate of drug-likeness (QED) is 0.904. The first-order chi connectivity index (χ1) is 10.4. The maximum atomic E-state index is 3.76. The lowest BCUT2D eigenvalue weighted by atomic mass is 9.81. The summed E-state index contributed by atoms with van der Waals surface area (Å²) < 4.78 is 0. The lowest BCUT2D eigenvalue weighted by Crippen LogP contribution is -2.44. The van der Waals surface area contributed by atoms with Crippen molar-refractivity contribution in [3.8, 4) is 0 Å². The highest BCUT2D eigenvalue weighted by Gasteiger charge is 2.31. The third-order valence-corrected chi connectivity index (χ3v) is 5.49. The highest BCUT2D eigenvalue weighted by molar-refractivity contribution is 5.19. The van der Waals surface area contributed by atoms with Gasteiger partial charge in [-0.1, -0.05) is 56.5 Å². The molecule has 2 nitrogen and oxygen atoms in total. The van der Waals surface area contributed by atoms with Crippen LogP contribution in [-0.4, -0.2) is 30.6 Å². The van der Waals surface area contributed by atoms with Crippen molar-refractivity contribution in [1.29, 1.82) is 0 Å². The van der Waals surface area contributed by atoms with Gasteiger partial charge in [0.05, 0.1) is 0 Å². The minimum absolute atomic E-state index is 0.508. The van der Waals surface area contributed by atoms with E-state index in [1.54, 1.807) is 0 Å². The summed E-state index contributed by atoms with van der Waals surface area (Å²) in [5.41, 5.74) is 1.45. The van der Waals surface area contributed by atoms with Crippen molar-refractivity contribution >= 4 is 0 Å². The Kier molecular flexibility index (Phi) is 5.32. The van der Waals surface area contributed by atoms with Gasteiger partial charge < -0.3 is 5.32 Å². The number of benzene rings is 1. The molecule has 2 aliphatic rings. The van der Waals surface area contributed by atoms with E-state index >= 15 is 0 Å². The smallest absolute Gasteiger partial charge is 0.0449 e. The third kappa shape index (κ3) is 3.67. The van der Waals surface area contributed by atoms with Crippen molar-refractivity contribution in [2.45, 2.75) is 57.5 Å². The van der Waals surface area contributed by atoms with Gasteiger partial charge in [0, 0.05) is 18.6 Å². The van der Waals surface area contributed by atoms with Crippen LogP contribution in [0.25, 0.3) is 0 Å². The molecule has 1 heterocycles. The maximum Gasteiger partial charge on any atom is 0.0449 e. The molecule has 1 aliphatic carbocycles. The molecule has 1 aliphatic heterocycles. The number of hydrogen-bond donors (Lipinski definition) is 1. The van der Waals surface area contributed by atoms with E-state index in [4.69, 9.17) is 0 Å². The van der Waals surface area contributed by atoms with Crippen LogP contribution in [0.1, 0.15) is 57.1 Å². The second kappa shape index (κ2) is 7.42. The van der Waals surface area contributed by atoms with Crippen LogP contribution in [0, 0.1) is 5.92 Å². The zero-order chi connectivity index (χ0) is 14.5. The van der Waals surface area contributed by atoms with Crippen LogP contribution in [0.3, 0.4) is 0 Å². The number of nitrogens with zero attached hydrogens (tertiary/aromatic N) is 1. The minimum Gasteiger partial charge on any atom is -0.309 e. The van der Waals surface area contributed by atoms with E-state index in [-0.39, 0.29) is 0 Å². The predicted molar refractivity (Wildman–Crippen MR) is 89.4 cm³/mol. The van der Waals surface area contributed by atoms with Crippen LogP contribution in [0.2, 0.25) is 0 Å². The Morgan fingerprint density at radius 2 is 1.90 bits per heavy atom. The molecule has 1 saturated heterocycles. The second-order valence-electron chi connectivity index (χ2n) is 6.79. The van der Waals surface area contributed by atoms with Crippen molar-refractivity contribution in [2.24, 2.45) is 5.92 Å². The summed E-state index contributed by atoms with van der Waals surface area (Å²) in [6.45, 7) is 6.00. The molecule has 0 amide bonds. The van der Waals surface area contributed by atoms with Gasteiger partial charge >= 0.3 is 0 Å². The molecule has 0 radical (unpaired) electrons. The lowest BCUT2D eigenvalue weighted by molar-refractivity contribution is 0.0991. The Morgan fingerprint density at radius 1 is 1.10 bits per heavy atom. The SMILES string of the molecule is CCC1CCCCC1N1CCCNC(c2ccccc2)C1. The fraction of sp³-hybridized carbons (Fsp3) is 0.684. The van der Waals surface area contributed by atoms with Crippen molar-refractivity contribution in [3.05, 3.63) is 35.9 Å². The number of rotatable bonds is 3. The summed E-state index contributed by atoms with van der Waals surface area (Å²) in [6.07, 6.45) is 8.38. The molecule has 3 rings (SSSR count). The van der Waals surface area contributed by atoms with Gasteiger partial charge in [-0.3, -0.25) is 4.90 Å². The normalized spacial score (nSPS) is 31.8. The number of nitrogens with one attached hydrogen (secondary N) is 1. The first-order valence-corrected chi connectivity index (χ1v) is 8.91. The molecular formula is C19H30N2. The third-order valence-electron chi connectivity index (χ3n) is 5.49. The average Bonchev–Trinajstić information content (AvgIpc) is 2.81. The second-order valence-corrected chi connectivity index (χ2v) is 6.79. The van der Waals surface area contributed by atoms with Gasteiger partial charge in [0.1, 0.15) is 0 Å². The van der Waals surface area contributed by atoms with Crippen LogP contribution in [0.5, 0.6) is 0 Å². The summed E-state index contributed by atoms with van der Waals surface area (Å²) in [7, 11) is 0. The molecule has 21 heavy (non-hydrogen) atoms. The molecule has 3 unspecified atom stereocenters. The Labute approximate surface area is 129 Å². The van der Waals surface area contributed by atoms with Gasteiger partial charge in [0.25, 0.3) is 0 Å². The molecule has 0 spiro atoms. The Balaban J connectivity index is 1.72. The standard InChI is InChI=1S/C19H30N2/c1-2-16-9-6-7-12-19(16)21-14-8-13-20-18(15-21)17-10-4-3-5-11-17/h3-5,10-11,16,18-20H,2,6-9,12-15H2,1H3. The van der Waals surface area contributed by atoms with E-state index < -0.39 is 0 Å². The van der Waals surface area contributed by atoms with Gasteiger partial charge in [0.2, 0.25) is 0 Å². The average molecular weight is 286 g/mol. The van der Waals surface area contributed by atoms with Gasteiger partial charge in [0.15, 0.2) is 0 Å². The van der Waals surface area contributed by atoms with Crippen molar-refractivity contribution < 1.29 is 0 Å². The summed E-state index contributed by atoms with van der Waals surface area (Å²) >= 11 is 0. The lowest BCUT2D eigenvalue weighted by Gasteiger charge is -2.40. The monoisotopic (exact) mass is 286 g/mol. The summed E-state index contributed by atoms with van der Waals surface area (Å²) in [4.78, 5) is 2.81. The number of hydrogen-bond acceptors (Lipinski definition) is 2. The van der Waals surface area contributed by atoms with E-state index in [9.17, 15) is 0 Å². The maximum absolute atomic E-state index is 3.76. The first kappa shape index (κ1) is 15.1. The van der Waals surface area contributed by atoms with E-state index in [1.807, 2.05) is 0 Å². The molecule has 0 aromatic heterocycles. The molecule has 116 valence electrons. The van der Waals surface area contributed by atoms with Crippen LogP contribution in [0.4, 0.5) is 0 Å². The Bertz CT molecular complexity index is 417. The van der Waals surface area contributed by atoms with Crippen molar-refractivity contribution in [1.82, 2.24) is 10.2 Å². The molecule has 0 bridgehead atoms. The zero-order valence-corrected chi connectivity index (χ0v) is 13.4. The predicted octanol–water partition coefficient (Wildman–Crippen LogP) is 3.99. The van der Waals surface area contributed by atoms with Gasteiger partial charge in [-0.25, -0.2) is 0 Å². The van der Waals surface area contributed by atoms with Gasteiger partial charge in [-0.2, -0.15) is 0 Å². The first-order valence-electron chi connectivity index (χ1n) is 8.91. The van der Waals surface area contributed by atoms with Crippen molar-refractivity contribution in [2.75, 3.05) is 19.6 Å². The van der Waals surface area contributed by atoms with E-state index in [0.29, 0.717) is 6.04 Å². The molecule has 1 saturated carbocycles. The molecular weight excluding hydrogens is 256 g/mol. The Hall–Kier alpha value is -0.860. The van der Waals surface area contributed by atoms with E-state index in [2.05, 4.69) is 47.5 Å². The molecule has 1 aromatic rings. The molecule has 2 fully saturated rings. The van der Waals surface area contributed by atoms with Gasteiger partial charge in [-0.15, -0.1) is 0 Å². The molecule has 1 N–H and O–H groups in total. The highest BCUT2D eigenvalue weighted by Crippen LogP contribution is 2.32. The molecule has 1 aromatic carbocycles. The fourth-order valence-corrected chi connectivity index (χ4v) is 4.30. The van der Waals surface area contributed by atoms with Crippen LogP contribution in [-0.2, 0) is 0 Å². The minimum atomic E-state index is 0.508. The summed E-state index contributed by atoms with van der Waals surface area (Å²) in [5.74, 6) is 0.924. The summed E-state index contributed by atoms with van der Waals surface area (Å²) in [6, 6.07) is 12.3. The van der Waals surface area contributed by atoms with E-state index in [0.717, 1.165) is 18.5 Å². The van der Waals surface area contributed by atoms with Crippen molar-refractivity contribution in [3.63, 3.8) is 0 Å². The highest BCUT2D eigenvalue weighted by atomic mass is 15.2. The van der Waals surface area contributed by atoms with Crippen LogP contribution in [0.15, 0.2) is 30.3 Å². The van der Waals surface area contributed by atoms with Crippen LogP contribution < -0.4 is 5.32 Å². The Morgan fingerprint density at radius 3 is 2.71 bits per heavy atom.